The second-order valence-electron chi connectivity index (χ2n) is 6.01. The summed E-state index contributed by atoms with van der Waals surface area (Å²) < 4.78 is 1.96. The maximum atomic E-state index is 4.21. The molecule has 0 bridgehead atoms. The highest BCUT2D eigenvalue weighted by Gasteiger charge is 2.12. The molecule has 1 N–H and O–H groups in total. The molecule has 1 aliphatic rings. The first-order valence-corrected chi connectivity index (χ1v) is 7.67. The number of aromatic nitrogens is 3. The van der Waals surface area contributed by atoms with E-state index in [1.165, 1.54) is 26.1 Å². The molecule has 0 amide bonds. The first-order chi connectivity index (χ1) is 9.63. The molecule has 0 aliphatic carbocycles. The quantitative estimate of drug-likeness (QED) is 0.818. The van der Waals surface area contributed by atoms with Gasteiger partial charge in [0.05, 0.1) is 12.2 Å². The maximum Gasteiger partial charge on any atom is 0.0964 e. The Hall–Kier alpha value is -0.980. The van der Waals surface area contributed by atoms with Crippen molar-refractivity contribution in [1.29, 1.82) is 0 Å². The molecular weight excluding hydrogens is 252 g/mol. The molecule has 0 atom stereocenters. The minimum atomic E-state index is 0.481. The normalized spacial score (nSPS) is 18.6. The first-order valence-electron chi connectivity index (χ1n) is 7.67. The summed E-state index contributed by atoms with van der Waals surface area (Å²) in [4.78, 5) is 4.93. The van der Waals surface area contributed by atoms with Gasteiger partial charge in [0.1, 0.15) is 0 Å². The molecule has 0 radical (unpaired) electrons. The lowest BCUT2D eigenvalue weighted by molar-refractivity contribution is 0.262. The smallest absolute Gasteiger partial charge is 0.0964 e. The summed E-state index contributed by atoms with van der Waals surface area (Å²) in [7, 11) is 2.20. The second-order valence-corrected chi connectivity index (χ2v) is 6.01. The van der Waals surface area contributed by atoms with Crippen molar-refractivity contribution < 1.29 is 0 Å². The maximum absolute atomic E-state index is 4.21. The van der Waals surface area contributed by atoms with Gasteiger partial charge in [0, 0.05) is 38.4 Å². The van der Waals surface area contributed by atoms with E-state index in [2.05, 4.69) is 52.5 Å². The van der Waals surface area contributed by atoms with Gasteiger partial charge in [0.2, 0.25) is 0 Å². The van der Waals surface area contributed by atoms with E-state index in [0.717, 1.165) is 31.9 Å². The summed E-state index contributed by atoms with van der Waals surface area (Å²) in [5.41, 5.74) is 1.02. The molecule has 0 saturated carbocycles. The summed E-state index contributed by atoms with van der Waals surface area (Å²) in [6, 6.07) is 0.481. The lowest BCUT2D eigenvalue weighted by atomic mass is 10.3. The SMILES string of the molecule is CC(C)NCc1cn(CCN2CCCN(C)CC2)nn1. The number of rotatable bonds is 6. The van der Waals surface area contributed by atoms with E-state index in [9.17, 15) is 0 Å². The second kappa shape index (κ2) is 7.71. The largest absolute Gasteiger partial charge is 0.309 e. The van der Waals surface area contributed by atoms with Crippen LogP contribution < -0.4 is 5.32 Å². The minimum absolute atomic E-state index is 0.481. The molecule has 2 heterocycles. The van der Waals surface area contributed by atoms with Crippen molar-refractivity contribution in [3.63, 3.8) is 0 Å². The molecule has 114 valence electrons. The highest BCUT2D eigenvalue weighted by molar-refractivity contribution is 4.91. The molecule has 1 aliphatic heterocycles. The van der Waals surface area contributed by atoms with Gasteiger partial charge in [-0.05, 0) is 26.6 Å². The van der Waals surface area contributed by atoms with Gasteiger partial charge in [0.25, 0.3) is 0 Å². The molecule has 0 unspecified atom stereocenters. The minimum Gasteiger partial charge on any atom is -0.309 e. The summed E-state index contributed by atoms with van der Waals surface area (Å²) >= 11 is 0. The van der Waals surface area contributed by atoms with Crippen LogP contribution in [0.2, 0.25) is 0 Å². The predicted molar refractivity (Wildman–Crippen MR) is 80.6 cm³/mol. The highest BCUT2D eigenvalue weighted by atomic mass is 15.4. The lowest BCUT2D eigenvalue weighted by Gasteiger charge is -2.19. The van der Waals surface area contributed by atoms with Crippen molar-refractivity contribution in [2.75, 3.05) is 39.8 Å². The van der Waals surface area contributed by atoms with Crippen LogP contribution in [0, 0.1) is 0 Å². The van der Waals surface area contributed by atoms with Gasteiger partial charge in [-0.2, -0.15) is 0 Å². The van der Waals surface area contributed by atoms with Crippen molar-refractivity contribution in [1.82, 2.24) is 30.1 Å². The number of hydrogen-bond acceptors (Lipinski definition) is 5. The molecule has 1 aromatic rings. The topological polar surface area (TPSA) is 49.2 Å². The van der Waals surface area contributed by atoms with Crippen LogP contribution in [0.4, 0.5) is 0 Å². The fourth-order valence-electron chi connectivity index (χ4n) is 2.40. The van der Waals surface area contributed by atoms with E-state index in [0.29, 0.717) is 6.04 Å². The van der Waals surface area contributed by atoms with E-state index in [4.69, 9.17) is 0 Å². The number of hydrogen-bond donors (Lipinski definition) is 1. The third kappa shape index (κ3) is 5.19. The van der Waals surface area contributed by atoms with Crippen LogP contribution in [0.1, 0.15) is 26.0 Å². The van der Waals surface area contributed by atoms with Crippen LogP contribution >= 0.6 is 0 Å². The van der Waals surface area contributed by atoms with Gasteiger partial charge in [-0.3, -0.25) is 4.68 Å². The Bertz CT molecular complexity index is 389. The van der Waals surface area contributed by atoms with Crippen LogP contribution in [-0.4, -0.2) is 70.6 Å². The first kappa shape index (κ1) is 15.4. The van der Waals surface area contributed by atoms with Crippen molar-refractivity contribution >= 4 is 0 Å². The standard InChI is InChI=1S/C14H28N6/c1-13(2)15-11-14-12-20(17-16-14)10-9-19-6-4-5-18(3)7-8-19/h12-13,15H,4-11H2,1-3H3. The van der Waals surface area contributed by atoms with Crippen molar-refractivity contribution in [2.45, 2.75) is 39.4 Å². The zero-order valence-corrected chi connectivity index (χ0v) is 13.0. The van der Waals surface area contributed by atoms with Crippen molar-refractivity contribution in [3.8, 4) is 0 Å². The number of nitrogens with zero attached hydrogens (tertiary/aromatic N) is 5. The summed E-state index contributed by atoms with van der Waals surface area (Å²) in [6.45, 7) is 11.8. The van der Waals surface area contributed by atoms with Gasteiger partial charge in [-0.25, -0.2) is 0 Å². The molecule has 6 nitrogen and oxygen atoms in total. The van der Waals surface area contributed by atoms with Crippen LogP contribution in [0.5, 0.6) is 0 Å². The van der Waals surface area contributed by atoms with E-state index in [1.807, 2.05) is 4.68 Å². The number of likely N-dealkylation sites (N-methyl/N-ethyl adjacent to an activating group) is 1. The average molecular weight is 280 g/mol. The fraction of sp³-hybridized carbons (Fsp3) is 0.857. The summed E-state index contributed by atoms with van der Waals surface area (Å²) in [5.74, 6) is 0. The van der Waals surface area contributed by atoms with E-state index in [1.54, 1.807) is 0 Å². The highest BCUT2D eigenvalue weighted by Crippen LogP contribution is 2.01. The Morgan fingerprint density at radius 2 is 2.05 bits per heavy atom. The predicted octanol–water partition coefficient (Wildman–Crippen LogP) is 0.414. The van der Waals surface area contributed by atoms with E-state index >= 15 is 0 Å². The van der Waals surface area contributed by atoms with Crippen LogP contribution in [0.3, 0.4) is 0 Å². The van der Waals surface area contributed by atoms with E-state index < -0.39 is 0 Å². The third-order valence-corrected chi connectivity index (χ3v) is 3.73. The fourth-order valence-corrected chi connectivity index (χ4v) is 2.40. The van der Waals surface area contributed by atoms with Crippen LogP contribution in [0.15, 0.2) is 6.20 Å². The van der Waals surface area contributed by atoms with Gasteiger partial charge < -0.3 is 15.1 Å². The van der Waals surface area contributed by atoms with Gasteiger partial charge in [-0.15, -0.1) is 5.10 Å². The molecule has 0 aromatic carbocycles. The van der Waals surface area contributed by atoms with Gasteiger partial charge >= 0.3 is 0 Å². The lowest BCUT2D eigenvalue weighted by Crippen LogP contribution is -2.31. The van der Waals surface area contributed by atoms with Crippen LogP contribution in [-0.2, 0) is 13.1 Å². The molecule has 1 fully saturated rings. The monoisotopic (exact) mass is 280 g/mol. The van der Waals surface area contributed by atoms with Gasteiger partial charge in [-0.1, -0.05) is 19.1 Å². The van der Waals surface area contributed by atoms with Crippen molar-refractivity contribution in [3.05, 3.63) is 11.9 Å². The van der Waals surface area contributed by atoms with E-state index in [-0.39, 0.29) is 0 Å². The molecule has 20 heavy (non-hydrogen) atoms. The Morgan fingerprint density at radius 3 is 2.85 bits per heavy atom. The zero-order chi connectivity index (χ0) is 14.4. The Kier molecular flexibility index (Phi) is 5.94. The molecule has 6 heteroatoms. The van der Waals surface area contributed by atoms with Crippen LogP contribution in [0.25, 0.3) is 0 Å². The molecular formula is C14H28N6. The molecule has 1 saturated heterocycles. The Balaban J connectivity index is 1.73. The van der Waals surface area contributed by atoms with Gasteiger partial charge in [0.15, 0.2) is 0 Å². The third-order valence-electron chi connectivity index (χ3n) is 3.73. The number of nitrogens with one attached hydrogen (secondary N) is 1. The Labute approximate surface area is 122 Å². The molecule has 2 rings (SSSR count). The molecule has 0 spiro atoms. The Morgan fingerprint density at radius 1 is 1.20 bits per heavy atom. The summed E-state index contributed by atoms with van der Waals surface area (Å²) in [5, 5.41) is 11.8. The zero-order valence-electron chi connectivity index (χ0n) is 13.0. The summed E-state index contributed by atoms with van der Waals surface area (Å²) in [6.07, 6.45) is 3.32. The average Bonchev–Trinajstić information content (AvgIpc) is 2.77. The van der Waals surface area contributed by atoms with Crippen molar-refractivity contribution in [2.24, 2.45) is 0 Å². The molecule has 1 aromatic heterocycles.